The van der Waals surface area contributed by atoms with Gasteiger partial charge in [0.25, 0.3) is 5.56 Å². The van der Waals surface area contributed by atoms with Crippen LogP contribution >= 0.6 is 0 Å². The minimum Gasteiger partial charge on any atom is -0.486 e. The zero-order valence-electron chi connectivity index (χ0n) is 19.0. The Morgan fingerprint density at radius 3 is 2.61 bits per heavy atom. The molecule has 1 aliphatic heterocycles. The molecule has 0 unspecified atom stereocenters. The first-order valence-corrected chi connectivity index (χ1v) is 11.4. The van der Waals surface area contributed by atoms with E-state index in [9.17, 15) is 10.1 Å². The van der Waals surface area contributed by atoms with Gasteiger partial charge in [-0.15, -0.1) is 0 Å². The predicted octanol–water partition coefficient (Wildman–Crippen LogP) is 4.61. The van der Waals surface area contributed by atoms with Crippen LogP contribution in [0.25, 0.3) is 39.5 Å². The number of nitriles is 1. The highest BCUT2D eigenvalue weighted by molar-refractivity contribution is 5.91. The molecule has 36 heavy (non-hydrogen) atoms. The summed E-state index contributed by atoms with van der Waals surface area (Å²) in [5.41, 5.74) is 3.43. The molecule has 0 saturated carbocycles. The lowest BCUT2D eigenvalue weighted by Crippen LogP contribution is -2.15. The molecule has 8 heteroatoms. The maximum absolute atomic E-state index is 12.6. The molecular weight excluding hydrogens is 454 g/mol. The molecule has 3 heterocycles. The Hall–Kier alpha value is -5.16. The van der Waals surface area contributed by atoms with Gasteiger partial charge in [-0.2, -0.15) is 10.4 Å². The normalized spacial score (nSPS) is 12.9. The van der Waals surface area contributed by atoms with Crippen LogP contribution in [0.5, 0.6) is 11.5 Å². The van der Waals surface area contributed by atoms with Crippen molar-refractivity contribution < 1.29 is 9.47 Å². The average Bonchev–Trinajstić information content (AvgIpc) is 3.36. The third-order valence-electron chi connectivity index (χ3n) is 5.87. The number of aromatic nitrogens is 4. The second-order valence-electron chi connectivity index (χ2n) is 8.17. The molecule has 6 rings (SSSR count). The van der Waals surface area contributed by atoms with E-state index in [1.165, 1.54) is 0 Å². The zero-order chi connectivity index (χ0) is 24.5. The lowest BCUT2D eigenvalue weighted by atomic mass is 10.0. The molecule has 0 fully saturated rings. The van der Waals surface area contributed by atoms with Crippen molar-refractivity contribution in [1.82, 2.24) is 19.7 Å². The molecule has 0 spiro atoms. The molecule has 5 aromatic rings. The van der Waals surface area contributed by atoms with Crippen molar-refractivity contribution in [2.75, 3.05) is 13.2 Å². The van der Waals surface area contributed by atoms with Gasteiger partial charge < -0.3 is 14.5 Å². The van der Waals surface area contributed by atoms with Gasteiger partial charge in [0.1, 0.15) is 25.0 Å². The second kappa shape index (κ2) is 8.89. The van der Waals surface area contributed by atoms with Gasteiger partial charge in [-0.3, -0.25) is 4.79 Å². The number of para-hydroxylation sites is 2. The largest absolute Gasteiger partial charge is 0.486 e. The highest BCUT2D eigenvalue weighted by Crippen LogP contribution is 2.36. The number of nitrogens with one attached hydrogen (secondary N) is 1. The van der Waals surface area contributed by atoms with Crippen LogP contribution in [0.1, 0.15) is 11.4 Å². The summed E-state index contributed by atoms with van der Waals surface area (Å²) in [6, 6.07) is 24.5. The number of allylic oxidation sites excluding steroid dienone is 1. The van der Waals surface area contributed by atoms with Crippen LogP contribution in [0.15, 0.2) is 83.8 Å². The van der Waals surface area contributed by atoms with E-state index in [1.54, 1.807) is 35.0 Å². The first kappa shape index (κ1) is 21.4. The van der Waals surface area contributed by atoms with E-state index < -0.39 is 0 Å². The quantitative estimate of drug-likeness (QED) is 0.382. The minimum absolute atomic E-state index is 0.196. The molecule has 2 aromatic heterocycles. The van der Waals surface area contributed by atoms with E-state index in [2.05, 4.69) is 16.0 Å². The van der Waals surface area contributed by atoms with Crippen molar-refractivity contribution in [2.45, 2.75) is 0 Å². The van der Waals surface area contributed by atoms with Crippen molar-refractivity contribution in [3.05, 3.63) is 101 Å². The van der Waals surface area contributed by atoms with Gasteiger partial charge in [-0.05, 0) is 48.5 Å². The molecule has 3 aromatic carbocycles. The smallest absolute Gasteiger partial charge is 0.259 e. The fourth-order valence-electron chi connectivity index (χ4n) is 4.14. The zero-order valence-corrected chi connectivity index (χ0v) is 19.0. The van der Waals surface area contributed by atoms with E-state index in [-0.39, 0.29) is 17.0 Å². The molecule has 174 valence electrons. The topological polar surface area (TPSA) is 106 Å². The third kappa shape index (κ3) is 3.89. The standard InChI is InChI=1S/C28H19N5O3/c29-16-19(27-30-23-9-5-4-8-22(23)28(34)31-27)14-20-17-33(21-6-2-1-3-7-21)32-26(20)18-10-11-24-25(15-18)36-13-12-35-24/h1-11,14-15,17H,12-13H2,(H,30,31,34). The SMILES string of the molecule is N#CC(=Cc1cn(-c2ccccc2)nc1-c1ccc2c(c1)OCCO2)c1nc2ccccc2c(=O)[nH]1. The maximum atomic E-state index is 12.6. The first-order chi connectivity index (χ1) is 17.7. The molecule has 1 N–H and O–H groups in total. The second-order valence-corrected chi connectivity index (χ2v) is 8.17. The van der Waals surface area contributed by atoms with Crippen LogP contribution in [-0.2, 0) is 0 Å². The van der Waals surface area contributed by atoms with Gasteiger partial charge in [0, 0.05) is 17.3 Å². The molecule has 0 saturated heterocycles. The van der Waals surface area contributed by atoms with Crippen molar-refractivity contribution in [1.29, 1.82) is 5.26 Å². The Bertz CT molecular complexity index is 1730. The van der Waals surface area contributed by atoms with Crippen LogP contribution < -0.4 is 15.0 Å². The summed E-state index contributed by atoms with van der Waals surface area (Å²) in [7, 11) is 0. The Morgan fingerprint density at radius 2 is 1.78 bits per heavy atom. The van der Waals surface area contributed by atoms with Crippen LogP contribution in [0.3, 0.4) is 0 Å². The molecule has 0 atom stereocenters. The molecule has 0 radical (unpaired) electrons. The Kier molecular flexibility index (Phi) is 5.28. The van der Waals surface area contributed by atoms with Crippen molar-refractivity contribution in [3.8, 4) is 34.5 Å². The lowest BCUT2D eigenvalue weighted by Gasteiger charge is -2.18. The number of ether oxygens (including phenoxy) is 2. The summed E-state index contributed by atoms with van der Waals surface area (Å²) >= 11 is 0. The van der Waals surface area contributed by atoms with Crippen molar-refractivity contribution >= 4 is 22.6 Å². The molecular formula is C28H19N5O3. The summed E-state index contributed by atoms with van der Waals surface area (Å²) in [6.45, 7) is 0.979. The number of nitrogens with zero attached hydrogens (tertiary/aromatic N) is 4. The van der Waals surface area contributed by atoms with E-state index in [4.69, 9.17) is 14.6 Å². The summed E-state index contributed by atoms with van der Waals surface area (Å²) < 4.78 is 13.2. The lowest BCUT2D eigenvalue weighted by molar-refractivity contribution is 0.171. The summed E-state index contributed by atoms with van der Waals surface area (Å²) in [5.74, 6) is 1.52. The van der Waals surface area contributed by atoms with Crippen LogP contribution in [-0.4, -0.2) is 33.0 Å². The van der Waals surface area contributed by atoms with Crippen LogP contribution in [0, 0.1) is 11.3 Å². The Morgan fingerprint density at radius 1 is 1.00 bits per heavy atom. The average molecular weight is 473 g/mol. The fraction of sp³-hybridized carbons (Fsp3) is 0.0714. The highest BCUT2D eigenvalue weighted by Gasteiger charge is 2.18. The predicted molar refractivity (Wildman–Crippen MR) is 136 cm³/mol. The molecule has 0 amide bonds. The van der Waals surface area contributed by atoms with E-state index in [0.717, 1.165) is 11.3 Å². The van der Waals surface area contributed by atoms with Crippen molar-refractivity contribution in [2.24, 2.45) is 0 Å². The van der Waals surface area contributed by atoms with Gasteiger partial charge in [0.15, 0.2) is 17.3 Å². The summed E-state index contributed by atoms with van der Waals surface area (Å²) in [5, 5.41) is 15.3. The van der Waals surface area contributed by atoms with Gasteiger partial charge in [0.05, 0.1) is 22.2 Å². The van der Waals surface area contributed by atoms with E-state index in [0.29, 0.717) is 46.9 Å². The Labute approximate surface area is 205 Å². The fourth-order valence-corrected chi connectivity index (χ4v) is 4.14. The molecule has 0 bridgehead atoms. The number of hydrogen-bond acceptors (Lipinski definition) is 6. The number of H-pyrrole nitrogens is 1. The number of benzene rings is 3. The van der Waals surface area contributed by atoms with Gasteiger partial charge in [0.2, 0.25) is 0 Å². The van der Waals surface area contributed by atoms with Crippen LogP contribution in [0.4, 0.5) is 0 Å². The van der Waals surface area contributed by atoms with E-state index in [1.807, 2.05) is 54.7 Å². The third-order valence-corrected chi connectivity index (χ3v) is 5.87. The van der Waals surface area contributed by atoms with Gasteiger partial charge in [-0.1, -0.05) is 30.3 Å². The number of hydrogen-bond donors (Lipinski definition) is 1. The monoisotopic (exact) mass is 473 g/mol. The first-order valence-electron chi connectivity index (χ1n) is 11.4. The summed E-state index contributed by atoms with van der Waals surface area (Å²) in [6.07, 6.45) is 3.53. The number of fused-ring (bicyclic) bond motifs is 2. The van der Waals surface area contributed by atoms with E-state index >= 15 is 0 Å². The number of aromatic amines is 1. The van der Waals surface area contributed by atoms with Gasteiger partial charge in [-0.25, -0.2) is 9.67 Å². The highest BCUT2D eigenvalue weighted by atomic mass is 16.6. The maximum Gasteiger partial charge on any atom is 0.259 e. The molecule has 1 aliphatic rings. The van der Waals surface area contributed by atoms with Gasteiger partial charge >= 0.3 is 0 Å². The number of rotatable bonds is 4. The minimum atomic E-state index is -0.302. The summed E-state index contributed by atoms with van der Waals surface area (Å²) in [4.78, 5) is 19.9. The molecule has 8 nitrogen and oxygen atoms in total. The van der Waals surface area contributed by atoms with Crippen molar-refractivity contribution in [3.63, 3.8) is 0 Å². The van der Waals surface area contributed by atoms with Crippen LogP contribution in [0.2, 0.25) is 0 Å². The Balaban J connectivity index is 1.52. The molecule has 0 aliphatic carbocycles.